The lowest BCUT2D eigenvalue weighted by Gasteiger charge is -2.13. The zero-order valence-corrected chi connectivity index (χ0v) is 18.0. The van der Waals surface area contributed by atoms with Gasteiger partial charge in [0.1, 0.15) is 12.4 Å². The van der Waals surface area contributed by atoms with Crippen molar-refractivity contribution in [1.29, 1.82) is 0 Å². The van der Waals surface area contributed by atoms with Crippen LogP contribution in [0.2, 0.25) is 0 Å². The molecule has 7 heteroatoms. The number of nitrogens with zero attached hydrogens (tertiary/aromatic N) is 2. The van der Waals surface area contributed by atoms with Crippen LogP contribution in [-0.2, 0) is 17.9 Å². The summed E-state index contributed by atoms with van der Waals surface area (Å²) in [7, 11) is 3.07. The number of carbonyl (C=O) groups excluding carboxylic acids is 1. The zero-order chi connectivity index (χ0) is 22.5. The Labute approximate surface area is 185 Å². The number of ether oxygens (including phenoxy) is 2. The Bertz CT molecular complexity index is 1250. The number of hydrogen-bond acceptors (Lipinski definition) is 4. The predicted octanol–water partition coefficient (Wildman–Crippen LogP) is 4.57. The third-order valence-corrected chi connectivity index (χ3v) is 5.33. The summed E-state index contributed by atoms with van der Waals surface area (Å²) in [5.74, 6) is 0.467. The van der Waals surface area contributed by atoms with Crippen LogP contribution in [0.3, 0.4) is 0 Å². The van der Waals surface area contributed by atoms with Crippen molar-refractivity contribution in [3.63, 3.8) is 0 Å². The van der Waals surface area contributed by atoms with Crippen LogP contribution in [-0.4, -0.2) is 29.8 Å². The number of fused-ring (bicyclic) bond motifs is 1. The molecule has 0 saturated carbocycles. The minimum atomic E-state index is -0.395. The number of methoxy groups -OCH3 is 1. The summed E-state index contributed by atoms with van der Waals surface area (Å²) in [5.41, 5.74) is 3.02. The molecule has 1 heterocycles. The third kappa shape index (κ3) is 4.42. The largest absolute Gasteiger partial charge is 0.494 e. The number of rotatable bonds is 8. The van der Waals surface area contributed by atoms with E-state index < -0.39 is 5.82 Å². The highest BCUT2D eigenvalue weighted by Crippen LogP contribution is 2.32. The molecule has 0 aliphatic carbocycles. The molecule has 1 aromatic heterocycles. The standard InChI is InChI=1S/C25H24FN3O3/c1-27-24(30)12-13-29-22-11-10-19(14-18(22)15-28-29)32-16-17-6-3-4-7-20(17)21-8-5-9-23(31-2)25(21)26/h3-11,14-15H,12-13,16H2,1-2H3,(H,27,30). The molecule has 0 saturated heterocycles. The van der Waals surface area contributed by atoms with Gasteiger partial charge < -0.3 is 14.8 Å². The minimum Gasteiger partial charge on any atom is -0.494 e. The van der Waals surface area contributed by atoms with Gasteiger partial charge in [0, 0.05) is 24.4 Å². The van der Waals surface area contributed by atoms with Crippen molar-refractivity contribution < 1.29 is 18.7 Å². The van der Waals surface area contributed by atoms with Crippen LogP contribution >= 0.6 is 0 Å². The molecule has 0 radical (unpaired) electrons. The van der Waals surface area contributed by atoms with Gasteiger partial charge in [-0.25, -0.2) is 4.39 Å². The number of aromatic nitrogens is 2. The molecule has 4 rings (SSSR count). The van der Waals surface area contributed by atoms with E-state index in [1.165, 1.54) is 7.11 Å². The Morgan fingerprint density at radius 3 is 2.72 bits per heavy atom. The van der Waals surface area contributed by atoms with E-state index in [1.807, 2.05) is 42.5 Å². The van der Waals surface area contributed by atoms with Crippen LogP contribution in [0.5, 0.6) is 11.5 Å². The van der Waals surface area contributed by atoms with E-state index in [-0.39, 0.29) is 18.3 Å². The fourth-order valence-corrected chi connectivity index (χ4v) is 3.61. The van der Waals surface area contributed by atoms with Crippen molar-refractivity contribution in [1.82, 2.24) is 15.1 Å². The molecule has 1 N–H and O–H groups in total. The van der Waals surface area contributed by atoms with Crippen LogP contribution in [0, 0.1) is 5.82 Å². The molecular formula is C25H24FN3O3. The highest BCUT2D eigenvalue weighted by Gasteiger charge is 2.14. The molecule has 0 aliphatic heterocycles. The summed E-state index contributed by atoms with van der Waals surface area (Å²) < 4.78 is 27.8. The van der Waals surface area contributed by atoms with E-state index >= 15 is 0 Å². The topological polar surface area (TPSA) is 65.4 Å². The van der Waals surface area contributed by atoms with E-state index in [9.17, 15) is 9.18 Å². The van der Waals surface area contributed by atoms with E-state index in [0.717, 1.165) is 22.0 Å². The van der Waals surface area contributed by atoms with Gasteiger partial charge in [0.25, 0.3) is 0 Å². The highest BCUT2D eigenvalue weighted by molar-refractivity contribution is 5.81. The van der Waals surface area contributed by atoms with E-state index in [1.54, 1.807) is 36.1 Å². The van der Waals surface area contributed by atoms with Crippen LogP contribution < -0.4 is 14.8 Å². The zero-order valence-electron chi connectivity index (χ0n) is 18.0. The molecule has 0 bridgehead atoms. The lowest BCUT2D eigenvalue weighted by atomic mass is 9.99. The summed E-state index contributed by atoms with van der Waals surface area (Å²) in [4.78, 5) is 11.5. The summed E-state index contributed by atoms with van der Waals surface area (Å²) >= 11 is 0. The lowest BCUT2D eigenvalue weighted by Crippen LogP contribution is -2.19. The van der Waals surface area contributed by atoms with Gasteiger partial charge in [0.2, 0.25) is 5.91 Å². The second-order valence-electron chi connectivity index (χ2n) is 7.28. The Morgan fingerprint density at radius 2 is 1.91 bits per heavy atom. The van der Waals surface area contributed by atoms with E-state index in [0.29, 0.717) is 24.3 Å². The molecular weight excluding hydrogens is 409 g/mol. The predicted molar refractivity (Wildman–Crippen MR) is 121 cm³/mol. The molecule has 3 aromatic carbocycles. The van der Waals surface area contributed by atoms with Gasteiger partial charge in [0.05, 0.1) is 25.4 Å². The summed E-state index contributed by atoms with van der Waals surface area (Å²) in [6.45, 7) is 0.784. The maximum Gasteiger partial charge on any atom is 0.221 e. The number of aryl methyl sites for hydroxylation is 1. The van der Waals surface area contributed by atoms with Gasteiger partial charge in [-0.3, -0.25) is 9.48 Å². The normalized spacial score (nSPS) is 10.8. The summed E-state index contributed by atoms with van der Waals surface area (Å²) in [5, 5.41) is 7.90. The van der Waals surface area contributed by atoms with Crippen molar-refractivity contribution in [2.24, 2.45) is 0 Å². The molecule has 32 heavy (non-hydrogen) atoms. The van der Waals surface area contributed by atoms with Crippen LogP contribution in [0.4, 0.5) is 4.39 Å². The Morgan fingerprint density at radius 1 is 1.09 bits per heavy atom. The molecule has 0 atom stereocenters. The SMILES string of the molecule is CNC(=O)CCn1ncc2cc(OCc3ccccc3-c3cccc(OC)c3F)ccc21. The number of benzene rings is 3. The molecule has 0 unspecified atom stereocenters. The van der Waals surface area contributed by atoms with Crippen molar-refractivity contribution in [2.75, 3.05) is 14.2 Å². The fraction of sp³-hybridized carbons (Fsp3) is 0.200. The molecule has 1 amide bonds. The first-order valence-corrected chi connectivity index (χ1v) is 10.3. The molecule has 0 spiro atoms. The maximum atomic E-state index is 14.8. The summed E-state index contributed by atoms with van der Waals surface area (Å²) in [6, 6.07) is 18.4. The van der Waals surface area contributed by atoms with Gasteiger partial charge in [-0.15, -0.1) is 0 Å². The van der Waals surface area contributed by atoms with Gasteiger partial charge in [0.15, 0.2) is 11.6 Å². The molecule has 164 valence electrons. The van der Waals surface area contributed by atoms with Crippen LogP contribution in [0.15, 0.2) is 66.9 Å². The molecule has 0 fully saturated rings. The smallest absolute Gasteiger partial charge is 0.221 e. The van der Waals surface area contributed by atoms with Crippen molar-refractivity contribution in [3.8, 4) is 22.6 Å². The van der Waals surface area contributed by atoms with Gasteiger partial charge in [-0.1, -0.05) is 36.4 Å². The maximum absolute atomic E-state index is 14.8. The number of halogens is 1. The second kappa shape index (κ2) is 9.51. The molecule has 6 nitrogen and oxygen atoms in total. The number of hydrogen-bond donors (Lipinski definition) is 1. The number of carbonyl (C=O) groups is 1. The first kappa shape index (κ1) is 21.4. The van der Waals surface area contributed by atoms with Gasteiger partial charge in [-0.05, 0) is 35.4 Å². The average Bonchev–Trinajstić information content (AvgIpc) is 3.24. The second-order valence-corrected chi connectivity index (χ2v) is 7.28. The number of nitrogens with one attached hydrogen (secondary N) is 1. The lowest BCUT2D eigenvalue weighted by molar-refractivity contribution is -0.120. The van der Waals surface area contributed by atoms with Crippen molar-refractivity contribution >= 4 is 16.8 Å². The van der Waals surface area contributed by atoms with Crippen molar-refractivity contribution in [3.05, 3.63) is 78.2 Å². The van der Waals surface area contributed by atoms with E-state index in [2.05, 4.69) is 10.4 Å². The van der Waals surface area contributed by atoms with E-state index in [4.69, 9.17) is 9.47 Å². The van der Waals surface area contributed by atoms with Gasteiger partial charge >= 0.3 is 0 Å². The minimum absolute atomic E-state index is 0.0280. The molecule has 4 aromatic rings. The molecule has 0 aliphatic rings. The van der Waals surface area contributed by atoms with Gasteiger partial charge in [-0.2, -0.15) is 5.10 Å². The Hall–Kier alpha value is -3.87. The Balaban J connectivity index is 1.53. The van der Waals surface area contributed by atoms with Crippen molar-refractivity contribution in [2.45, 2.75) is 19.6 Å². The summed E-state index contributed by atoms with van der Waals surface area (Å²) in [6.07, 6.45) is 2.12. The fourth-order valence-electron chi connectivity index (χ4n) is 3.61. The quantitative estimate of drug-likeness (QED) is 0.442. The van der Waals surface area contributed by atoms with Crippen LogP contribution in [0.25, 0.3) is 22.0 Å². The third-order valence-electron chi connectivity index (χ3n) is 5.33. The first-order valence-electron chi connectivity index (χ1n) is 10.3. The van der Waals surface area contributed by atoms with Crippen LogP contribution in [0.1, 0.15) is 12.0 Å². The first-order chi connectivity index (χ1) is 15.6. The Kier molecular flexibility index (Phi) is 6.35. The number of amides is 1. The monoisotopic (exact) mass is 433 g/mol. The average molecular weight is 433 g/mol. The highest BCUT2D eigenvalue weighted by atomic mass is 19.1.